The predicted octanol–water partition coefficient (Wildman–Crippen LogP) is 8.03. The number of nitro benzene ring substituents is 2. The first-order valence-corrected chi connectivity index (χ1v) is 22.7. The molecule has 6 rings (SSSR count). The molecule has 2 saturated heterocycles. The van der Waals surface area contributed by atoms with Gasteiger partial charge in [0.15, 0.2) is 0 Å². The van der Waals surface area contributed by atoms with Gasteiger partial charge in [-0.05, 0) is 82.3 Å². The number of hydrogen-bond acceptors (Lipinski definition) is 13. The third kappa shape index (κ3) is 11.0. The van der Waals surface area contributed by atoms with Crippen molar-refractivity contribution in [3.8, 4) is 22.3 Å². The van der Waals surface area contributed by atoms with E-state index in [0.717, 1.165) is 22.9 Å². The zero-order valence-corrected chi connectivity index (χ0v) is 38.9. The van der Waals surface area contributed by atoms with E-state index in [2.05, 4.69) is 0 Å². The summed E-state index contributed by atoms with van der Waals surface area (Å²) >= 11 is 0.849. The fraction of sp³-hybridized carbons (Fsp3) is 0.360. The average molecular weight is 935 g/mol. The number of nitrogens with zero attached hydrogens (tertiary/aromatic N) is 4. The molecule has 0 bridgehead atoms. The van der Waals surface area contributed by atoms with Gasteiger partial charge in [-0.3, -0.25) is 39.4 Å². The Balaban J connectivity index is 1.49. The quantitative estimate of drug-likeness (QED) is 0.0530. The molecule has 2 fully saturated rings. The van der Waals surface area contributed by atoms with Crippen LogP contribution in [0.5, 0.6) is 0 Å². The fourth-order valence-corrected chi connectivity index (χ4v) is 9.76. The maximum Gasteiger partial charge on any atom is 0.313 e. The molecule has 2 heterocycles. The molecule has 17 heteroatoms. The third-order valence-corrected chi connectivity index (χ3v) is 13.3. The minimum atomic E-state index is -0.981. The van der Waals surface area contributed by atoms with Crippen LogP contribution in [0.1, 0.15) is 74.6 Å². The summed E-state index contributed by atoms with van der Waals surface area (Å²) in [5.74, 6) is -4.30. The molecule has 0 spiro atoms. The molecular formula is C50H54N4O12S. The summed E-state index contributed by atoms with van der Waals surface area (Å²) in [6.07, 6.45) is 3.83. The Morgan fingerprint density at radius 3 is 1.36 bits per heavy atom. The molecule has 0 saturated carbocycles. The van der Waals surface area contributed by atoms with Crippen LogP contribution in [0.25, 0.3) is 34.4 Å². The second-order valence-corrected chi connectivity index (χ2v) is 18.1. The summed E-state index contributed by atoms with van der Waals surface area (Å²) < 4.78 is 9.67. The first-order valence-electron chi connectivity index (χ1n) is 21.9. The largest absolute Gasteiger partial charge is 0.469 e. The highest BCUT2D eigenvalue weighted by atomic mass is 32.2. The number of hydrogen-bond donors (Lipinski definition) is 2. The van der Waals surface area contributed by atoms with E-state index in [1.165, 1.54) is 60.5 Å². The smallest absolute Gasteiger partial charge is 0.313 e. The minimum absolute atomic E-state index is 0.0794. The van der Waals surface area contributed by atoms with Crippen molar-refractivity contribution in [2.24, 2.45) is 11.8 Å². The van der Waals surface area contributed by atoms with E-state index in [4.69, 9.17) is 9.47 Å². The van der Waals surface area contributed by atoms with Crippen molar-refractivity contribution in [1.82, 2.24) is 9.80 Å². The van der Waals surface area contributed by atoms with Crippen molar-refractivity contribution in [3.05, 3.63) is 127 Å². The number of aliphatic hydroxyl groups is 2. The second-order valence-electron chi connectivity index (χ2n) is 17.1. The number of nitro groups is 2. The highest BCUT2D eigenvalue weighted by Gasteiger charge is 2.37. The molecule has 4 aromatic carbocycles. The number of likely N-dealkylation sites (tertiary alicyclic amines) is 2. The van der Waals surface area contributed by atoms with E-state index in [1.807, 2.05) is 52.0 Å². The number of methoxy groups -OCH3 is 2. The summed E-state index contributed by atoms with van der Waals surface area (Å²) in [6, 6.07) is 20.6. The van der Waals surface area contributed by atoms with Crippen LogP contribution < -0.4 is 0 Å². The maximum atomic E-state index is 13.6. The zero-order chi connectivity index (χ0) is 48.7. The molecule has 16 nitrogen and oxygen atoms in total. The second kappa shape index (κ2) is 21.7. The van der Waals surface area contributed by atoms with Gasteiger partial charge in [-0.2, -0.15) is 0 Å². The Bertz CT molecular complexity index is 2450. The van der Waals surface area contributed by atoms with Crippen LogP contribution in [0.4, 0.5) is 11.4 Å². The van der Waals surface area contributed by atoms with Crippen LogP contribution in [0.15, 0.2) is 94.7 Å². The predicted molar refractivity (Wildman–Crippen MR) is 253 cm³/mol. The molecule has 67 heavy (non-hydrogen) atoms. The number of carbonyl (C=O) groups excluding carboxylic acids is 4. The maximum absolute atomic E-state index is 13.6. The molecule has 2 aliphatic rings. The van der Waals surface area contributed by atoms with Gasteiger partial charge in [0.1, 0.15) is 11.8 Å². The van der Waals surface area contributed by atoms with Crippen LogP contribution >= 0.6 is 11.8 Å². The first kappa shape index (κ1) is 49.7. The molecule has 0 radical (unpaired) electrons. The van der Waals surface area contributed by atoms with Gasteiger partial charge in [0.05, 0.1) is 57.2 Å². The minimum Gasteiger partial charge on any atom is -0.469 e. The SMILES string of the molecule is COC(=O)C1CN(C(=O)C=Cc2ccc(Sc3ccc(C=CC(=O)N4CCC(O)C(C(=O)OC)C4)c(-c4ccccc4C(C)C)c3[N+](=O)[O-])c([N+](=O)[O-])c2-c2ccccc2C(C)C)CCC1O. The Labute approximate surface area is 392 Å². The highest BCUT2D eigenvalue weighted by molar-refractivity contribution is 7.99. The highest BCUT2D eigenvalue weighted by Crippen LogP contribution is 2.50. The van der Waals surface area contributed by atoms with Crippen molar-refractivity contribution in [3.63, 3.8) is 0 Å². The van der Waals surface area contributed by atoms with Crippen molar-refractivity contribution in [2.45, 2.75) is 74.4 Å². The lowest BCUT2D eigenvalue weighted by Crippen LogP contribution is -2.48. The number of aliphatic hydroxyl groups excluding tert-OH is 2. The van der Waals surface area contributed by atoms with Gasteiger partial charge in [0.2, 0.25) is 11.8 Å². The van der Waals surface area contributed by atoms with Gasteiger partial charge in [0, 0.05) is 38.3 Å². The lowest BCUT2D eigenvalue weighted by molar-refractivity contribution is -0.387. The average Bonchev–Trinajstić information content (AvgIpc) is 3.32. The molecule has 4 aromatic rings. The number of carbonyl (C=O) groups is 4. The van der Waals surface area contributed by atoms with Crippen LogP contribution in [-0.4, -0.2) is 106 Å². The van der Waals surface area contributed by atoms with E-state index in [0.29, 0.717) is 22.3 Å². The lowest BCUT2D eigenvalue weighted by atomic mass is 9.89. The summed E-state index contributed by atoms with van der Waals surface area (Å²) in [5.41, 5.74) is 2.96. The van der Waals surface area contributed by atoms with Crippen molar-refractivity contribution >= 4 is 59.0 Å². The van der Waals surface area contributed by atoms with Crippen LogP contribution in [-0.2, 0) is 28.7 Å². The van der Waals surface area contributed by atoms with Crippen molar-refractivity contribution < 1.29 is 48.7 Å². The topological polar surface area (TPSA) is 220 Å². The van der Waals surface area contributed by atoms with Gasteiger partial charge in [0.25, 0.3) is 11.4 Å². The molecule has 2 amide bonds. The van der Waals surface area contributed by atoms with Gasteiger partial charge < -0.3 is 29.5 Å². The summed E-state index contributed by atoms with van der Waals surface area (Å²) in [4.78, 5) is 80.7. The van der Waals surface area contributed by atoms with E-state index in [9.17, 15) is 49.6 Å². The Morgan fingerprint density at radius 1 is 0.642 bits per heavy atom. The van der Waals surface area contributed by atoms with E-state index >= 15 is 0 Å². The van der Waals surface area contributed by atoms with E-state index in [1.54, 1.807) is 36.4 Å². The first-order chi connectivity index (χ1) is 32.0. The standard InChI is InChI=1S/C50H54N4O12S/c1-29(2)33-11-7-9-13-35(33)45-31(17-21-43(57)51-25-23-39(55)37(27-51)49(59)65-5)15-19-41(47(45)53(61)62)67-42-20-16-32(18-22-44(58)52-26-24-40(56)38(28-52)50(60)66-6)46(48(42)54(63)64)36-14-10-8-12-34(36)30(3)4/h7-22,29-30,37-40,55-56H,23-28H2,1-6H3. The Kier molecular flexibility index (Phi) is 16.1. The molecule has 0 aliphatic carbocycles. The van der Waals surface area contributed by atoms with Crippen LogP contribution in [0, 0.1) is 32.1 Å². The molecule has 352 valence electrons. The monoisotopic (exact) mass is 934 g/mol. The molecule has 4 atom stereocenters. The molecule has 4 unspecified atom stereocenters. The van der Waals surface area contributed by atoms with Gasteiger partial charge in [-0.1, -0.05) is 100 Å². The number of ether oxygens (including phenoxy) is 2. The van der Waals surface area contributed by atoms with Crippen molar-refractivity contribution in [2.75, 3.05) is 40.4 Å². The summed E-state index contributed by atoms with van der Waals surface area (Å²) in [7, 11) is 2.41. The number of esters is 2. The van der Waals surface area contributed by atoms with Gasteiger partial charge in [-0.25, -0.2) is 0 Å². The molecule has 2 N–H and O–H groups in total. The molecular weight excluding hydrogens is 881 g/mol. The molecule has 0 aromatic heterocycles. The molecule has 2 aliphatic heterocycles. The zero-order valence-electron chi connectivity index (χ0n) is 38.1. The van der Waals surface area contributed by atoms with Crippen LogP contribution in [0.2, 0.25) is 0 Å². The number of benzene rings is 4. The fourth-order valence-electron chi connectivity index (χ4n) is 8.70. The lowest BCUT2D eigenvalue weighted by Gasteiger charge is -2.34. The number of piperidine rings is 2. The van der Waals surface area contributed by atoms with Gasteiger partial charge >= 0.3 is 11.9 Å². The number of amides is 2. The third-order valence-electron chi connectivity index (χ3n) is 12.2. The van der Waals surface area contributed by atoms with Crippen molar-refractivity contribution in [1.29, 1.82) is 0 Å². The summed E-state index contributed by atoms with van der Waals surface area (Å²) in [6.45, 7) is 7.98. The Morgan fingerprint density at radius 2 is 1.01 bits per heavy atom. The van der Waals surface area contributed by atoms with E-state index < -0.39 is 57.6 Å². The number of rotatable bonds is 14. The normalized spacial score (nSPS) is 18.7. The summed E-state index contributed by atoms with van der Waals surface area (Å²) in [5, 5.41) is 47.7. The van der Waals surface area contributed by atoms with E-state index in [-0.39, 0.29) is 83.1 Å². The Hall–Kier alpha value is -6.69. The van der Waals surface area contributed by atoms with Gasteiger partial charge in [-0.15, -0.1) is 0 Å². The van der Waals surface area contributed by atoms with Crippen LogP contribution in [0.3, 0.4) is 0 Å².